The Labute approximate surface area is 138 Å². The third kappa shape index (κ3) is 7.08. The van der Waals surface area contributed by atoms with E-state index in [1.54, 1.807) is 19.2 Å². The van der Waals surface area contributed by atoms with E-state index >= 15 is 0 Å². The van der Waals surface area contributed by atoms with Crippen LogP contribution < -0.4 is 10.0 Å². The highest BCUT2D eigenvalue weighted by molar-refractivity contribution is 7.89. The summed E-state index contributed by atoms with van der Waals surface area (Å²) in [6, 6.07) is 5.98. The number of sulfonamides is 1. The second kappa shape index (κ2) is 9.61. The summed E-state index contributed by atoms with van der Waals surface area (Å²) in [5.74, 6) is -0.327. The lowest BCUT2D eigenvalue weighted by molar-refractivity contribution is 0.0937. The molecule has 0 aliphatic carbocycles. The SMILES string of the molecule is COCCNC(=O)c1cccc(S(=O)(=O)NCCCN(C)C)c1. The summed E-state index contributed by atoms with van der Waals surface area (Å²) in [5.41, 5.74) is 0.303. The van der Waals surface area contributed by atoms with E-state index in [1.807, 2.05) is 19.0 Å². The molecule has 1 aromatic carbocycles. The standard InChI is InChI=1S/C15H25N3O4S/c1-18(2)10-5-8-17-23(20,21)14-7-4-6-13(12-14)15(19)16-9-11-22-3/h4,6-7,12,17H,5,8-11H2,1-3H3,(H,16,19). The van der Waals surface area contributed by atoms with Gasteiger partial charge < -0.3 is 15.0 Å². The van der Waals surface area contributed by atoms with Crippen molar-refractivity contribution >= 4 is 15.9 Å². The van der Waals surface area contributed by atoms with Crippen LogP contribution in [0.3, 0.4) is 0 Å². The first-order valence-electron chi connectivity index (χ1n) is 7.38. The van der Waals surface area contributed by atoms with Gasteiger partial charge in [0.05, 0.1) is 11.5 Å². The van der Waals surface area contributed by atoms with Crippen molar-refractivity contribution in [2.24, 2.45) is 0 Å². The molecule has 0 saturated heterocycles. The summed E-state index contributed by atoms with van der Waals surface area (Å²) in [5, 5.41) is 2.66. The molecule has 1 aromatic rings. The second-order valence-electron chi connectivity index (χ2n) is 5.33. The highest BCUT2D eigenvalue weighted by atomic mass is 32.2. The number of hydrogen-bond donors (Lipinski definition) is 2. The summed E-state index contributed by atoms with van der Waals surface area (Å²) in [6.45, 7) is 1.92. The molecular weight excluding hydrogens is 318 g/mol. The Morgan fingerprint density at radius 1 is 1.26 bits per heavy atom. The van der Waals surface area contributed by atoms with Gasteiger partial charge in [0.2, 0.25) is 10.0 Å². The number of benzene rings is 1. The molecule has 130 valence electrons. The fourth-order valence-corrected chi connectivity index (χ4v) is 2.98. The Balaban J connectivity index is 2.68. The molecule has 0 saturated carbocycles. The average molecular weight is 343 g/mol. The van der Waals surface area contributed by atoms with E-state index in [4.69, 9.17) is 4.74 Å². The molecule has 0 fully saturated rings. The summed E-state index contributed by atoms with van der Waals surface area (Å²) in [4.78, 5) is 14.0. The number of nitrogens with one attached hydrogen (secondary N) is 2. The lowest BCUT2D eigenvalue weighted by Gasteiger charge is -2.11. The number of nitrogens with zero attached hydrogens (tertiary/aromatic N) is 1. The van der Waals surface area contributed by atoms with Crippen LogP contribution in [0.4, 0.5) is 0 Å². The number of carbonyl (C=O) groups excluding carboxylic acids is 1. The van der Waals surface area contributed by atoms with Crippen LogP contribution in [0.2, 0.25) is 0 Å². The van der Waals surface area contributed by atoms with Gasteiger partial charge in [-0.2, -0.15) is 0 Å². The molecule has 7 nitrogen and oxygen atoms in total. The van der Waals surface area contributed by atoms with E-state index in [9.17, 15) is 13.2 Å². The van der Waals surface area contributed by atoms with E-state index in [2.05, 4.69) is 10.0 Å². The molecule has 0 radical (unpaired) electrons. The van der Waals surface area contributed by atoms with Crippen molar-refractivity contribution in [3.8, 4) is 0 Å². The third-order valence-corrected chi connectivity index (χ3v) is 4.53. The van der Waals surface area contributed by atoms with Crippen molar-refractivity contribution in [3.63, 3.8) is 0 Å². The van der Waals surface area contributed by atoms with Gasteiger partial charge in [-0.15, -0.1) is 0 Å². The van der Waals surface area contributed by atoms with Gasteiger partial charge in [-0.1, -0.05) is 6.07 Å². The Morgan fingerprint density at radius 3 is 2.65 bits per heavy atom. The number of amides is 1. The summed E-state index contributed by atoms with van der Waals surface area (Å²) >= 11 is 0. The van der Waals surface area contributed by atoms with Gasteiger partial charge in [0.15, 0.2) is 0 Å². The highest BCUT2D eigenvalue weighted by Crippen LogP contribution is 2.11. The largest absolute Gasteiger partial charge is 0.383 e. The predicted octanol–water partition coefficient (Wildman–Crippen LogP) is 0.293. The van der Waals surface area contributed by atoms with Crippen molar-refractivity contribution in [2.45, 2.75) is 11.3 Å². The maximum atomic E-state index is 12.2. The van der Waals surface area contributed by atoms with Gasteiger partial charge in [-0.05, 0) is 45.3 Å². The number of methoxy groups -OCH3 is 1. The predicted molar refractivity (Wildman–Crippen MR) is 89.0 cm³/mol. The highest BCUT2D eigenvalue weighted by Gasteiger charge is 2.15. The smallest absolute Gasteiger partial charge is 0.251 e. The number of hydrogen-bond acceptors (Lipinski definition) is 5. The van der Waals surface area contributed by atoms with E-state index in [0.717, 1.165) is 6.54 Å². The fraction of sp³-hybridized carbons (Fsp3) is 0.533. The molecule has 8 heteroatoms. The van der Waals surface area contributed by atoms with Crippen LogP contribution >= 0.6 is 0 Å². The molecule has 0 aliphatic heterocycles. The van der Waals surface area contributed by atoms with Crippen LogP contribution in [-0.4, -0.2) is 66.7 Å². The van der Waals surface area contributed by atoms with E-state index < -0.39 is 10.0 Å². The molecule has 0 unspecified atom stereocenters. The van der Waals surface area contributed by atoms with Crippen LogP contribution in [0.5, 0.6) is 0 Å². The van der Waals surface area contributed by atoms with Gasteiger partial charge >= 0.3 is 0 Å². The lowest BCUT2D eigenvalue weighted by Crippen LogP contribution is -2.29. The zero-order chi connectivity index (χ0) is 17.3. The van der Waals surface area contributed by atoms with Crippen LogP contribution in [-0.2, 0) is 14.8 Å². The van der Waals surface area contributed by atoms with Gasteiger partial charge in [0.25, 0.3) is 5.91 Å². The topological polar surface area (TPSA) is 87.7 Å². The van der Waals surface area contributed by atoms with Crippen LogP contribution in [0, 0.1) is 0 Å². The number of ether oxygens (including phenoxy) is 1. The van der Waals surface area contributed by atoms with E-state index in [-0.39, 0.29) is 10.8 Å². The van der Waals surface area contributed by atoms with Gasteiger partial charge in [-0.3, -0.25) is 4.79 Å². The first-order chi connectivity index (χ1) is 10.9. The van der Waals surface area contributed by atoms with E-state index in [1.165, 1.54) is 12.1 Å². The van der Waals surface area contributed by atoms with Crippen molar-refractivity contribution < 1.29 is 17.9 Å². The maximum absolute atomic E-state index is 12.2. The maximum Gasteiger partial charge on any atom is 0.251 e. The zero-order valence-electron chi connectivity index (χ0n) is 13.8. The number of carbonyl (C=O) groups is 1. The first kappa shape index (κ1) is 19.6. The molecule has 0 spiro atoms. The molecule has 0 atom stereocenters. The molecule has 1 rings (SSSR count). The fourth-order valence-electron chi connectivity index (χ4n) is 1.86. The Kier molecular flexibility index (Phi) is 8.18. The molecule has 0 bridgehead atoms. The average Bonchev–Trinajstić information content (AvgIpc) is 2.52. The van der Waals surface area contributed by atoms with Crippen LogP contribution in [0.15, 0.2) is 29.2 Å². The number of rotatable bonds is 10. The van der Waals surface area contributed by atoms with Gasteiger partial charge in [0.1, 0.15) is 0 Å². The van der Waals surface area contributed by atoms with Crippen molar-refractivity contribution in [1.29, 1.82) is 0 Å². The molecule has 0 heterocycles. The van der Waals surface area contributed by atoms with E-state index in [0.29, 0.717) is 31.7 Å². The normalized spacial score (nSPS) is 11.7. The zero-order valence-corrected chi connectivity index (χ0v) is 14.6. The minimum absolute atomic E-state index is 0.0849. The molecular formula is C15H25N3O4S. The van der Waals surface area contributed by atoms with Crippen LogP contribution in [0.1, 0.15) is 16.8 Å². The monoisotopic (exact) mass is 343 g/mol. The lowest BCUT2D eigenvalue weighted by atomic mass is 10.2. The summed E-state index contributed by atoms with van der Waals surface area (Å²) in [7, 11) is 1.79. The van der Waals surface area contributed by atoms with Crippen molar-refractivity contribution in [3.05, 3.63) is 29.8 Å². The second-order valence-corrected chi connectivity index (χ2v) is 7.10. The molecule has 0 aliphatic rings. The molecule has 1 amide bonds. The van der Waals surface area contributed by atoms with Gasteiger partial charge in [-0.25, -0.2) is 13.1 Å². The molecule has 0 aromatic heterocycles. The summed E-state index contributed by atoms with van der Waals surface area (Å²) in [6.07, 6.45) is 0.712. The van der Waals surface area contributed by atoms with Gasteiger partial charge in [0, 0.05) is 25.8 Å². The quantitative estimate of drug-likeness (QED) is 0.596. The third-order valence-electron chi connectivity index (χ3n) is 3.07. The molecule has 2 N–H and O–H groups in total. The Hall–Kier alpha value is -1.48. The Morgan fingerprint density at radius 2 is 2.00 bits per heavy atom. The minimum atomic E-state index is -3.61. The van der Waals surface area contributed by atoms with Crippen LogP contribution in [0.25, 0.3) is 0 Å². The Bertz CT molecular complexity index is 602. The summed E-state index contributed by atoms with van der Waals surface area (Å²) < 4.78 is 31.9. The van der Waals surface area contributed by atoms with Crippen molar-refractivity contribution in [2.75, 3.05) is 47.4 Å². The van der Waals surface area contributed by atoms with Crippen molar-refractivity contribution in [1.82, 2.24) is 14.9 Å². The first-order valence-corrected chi connectivity index (χ1v) is 8.86. The minimum Gasteiger partial charge on any atom is -0.383 e. The molecule has 23 heavy (non-hydrogen) atoms.